The molecule has 2 rings (SSSR count). The third-order valence-corrected chi connectivity index (χ3v) is 4.79. The van der Waals surface area contributed by atoms with Crippen LogP contribution in [-0.2, 0) is 9.59 Å². The second-order valence-corrected chi connectivity index (χ2v) is 7.49. The molecule has 1 heterocycles. The summed E-state index contributed by atoms with van der Waals surface area (Å²) in [6.45, 7) is 7.54. The van der Waals surface area contributed by atoms with Gasteiger partial charge in [0.15, 0.2) is 0 Å². The van der Waals surface area contributed by atoms with Gasteiger partial charge in [0.1, 0.15) is 0 Å². The first kappa shape index (κ1) is 18.2. The molecule has 1 N–H and O–H groups in total. The lowest BCUT2D eigenvalue weighted by molar-refractivity contribution is -0.138. The lowest BCUT2D eigenvalue weighted by Crippen LogP contribution is -2.49. The van der Waals surface area contributed by atoms with E-state index in [1.807, 2.05) is 11.9 Å². The molecule has 0 aromatic heterocycles. The highest BCUT2D eigenvalue weighted by molar-refractivity contribution is 5.79. The number of carboxylic acids is 1. The fraction of sp³-hybridized carbons (Fsp3) is 0.882. The van der Waals surface area contributed by atoms with E-state index in [0.717, 1.165) is 45.3 Å². The first-order valence-corrected chi connectivity index (χ1v) is 8.80. The number of hydrogen-bond acceptors (Lipinski definition) is 4. The minimum absolute atomic E-state index is 0.0907. The highest BCUT2D eigenvalue weighted by Gasteiger charge is 2.34. The number of rotatable bonds is 8. The van der Waals surface area contributed by atoms with E-state index in [-0.39, 0.29) is 12.5 Å². The van der Waals surface area contributed by atoms with Crippen LogP contribution < -0.4 is 0 Å². The molecular formula is C17H31N3O3. The molecule has 0 atom stereocenters. The zero-order chi connectivity index (χ0) is 17.0. The quantitative estimate of drug-likeness (QED) is 0.724. The molecule has 6 nitrogen and oxygen atoms in total. The Morgan fingerprint density at radius 3 is 2.22 bits per heavy atom. The van der Waals surface area contributed by atoms with Gasteiger partial charge in [-0.3, -0.25) is 19.4 Å². The summed E-state index contributed by atoms with van der Waals surface area (Å²) < 4.78 is 0. The van der Waals surface area contributed by atoms with Gasteiger partial charge in [0, 0.05) is 31.7 Å². The average molecular weight is 325 g/mol. The highest BCUT2D eigenvalue weighted by atomic mass is 16.4. The number of piperidine rings is 1. The Kier molecular flexibility index (Phi) is 6.41. The number of carboxylic acid groups (broad SMARTS) is 1. The second-order valence-electron chi connectivity index (χ2n) is 7.49. The van der Waals surface area contributed by atoms with Gasteiger partial charge in [-0.25, -0.2) is 0 Å². The summed E-state index contributed by atoms with van der Waals surface area (Å²) in [5.74, 6) is -0.00707. The van der Waals surface area contributed by atoms with Crippen LogP contribution in [0.1, 0.15) is 39.5 Å². The van der Waals surface area contributed by atoms with Gasteiger partial charge in [0.05, 0.1) is 13.1 Å². The SMILES string of the molecule is CC(C)CN(C(=O)CN1CCC(N(C)CC(=O)O)CC1)C1CC1. The van der Waals surface area contributed by atoms with Crippen molar-refractivity contribution in [3.05, 3.63) is 0 Å². The van der Waals surface area contributed by atoms with E-state index >= 15 is 0 Å². The summed E-state index contributed by atoms with van der Waals surface area (Å²) in [7, 11) is 1.87. The number of likely N-dealkylation sites (N-methyl/N-ethyl adjacent to an activating group) is 1. The lowest BCUT2D eigenvalue weighted by atomic mass is 10.0. The average Bonchev–Trinajstić information content (AvgIpc) is 3.29. The van der Waals surface area contributed by atoms with Crippen LogP contribution in [0.4, 0.5) is 0 Å². The van der Waals surface area contributed by atoms with Crippen molar-refractivity contribution in [1.29, 1.82) is 0 Å². The van der Waals surface area contributed by atoms with Gasteiger partial charge in [0.25, 0.3) is 0 Å². The van der Waals surface area contributed by atoms with Crippen LogP contribution in [0.15, 0.2) is 0 Å². The number of carbonyl (C=O) groups excluding carboxylic acids is 1. The second kappa shape index (κ2) is 8.11. The van der Waals surface area contributed by atoms with Crippen LogP contribution in [-0.4, -0.2) is 83.5 Å². The molecule has 1 saturated heterocycles. The molecule has 132 valence electrons. The predicted octanol–water partition coefficient (Wildman–Crippen LogP) is 1.11. The topological polar surface area (TPSA) is 64.1 Å². The maximum atomic E-state index is 12.6. The molecule has 0 aromatic rings. The fourth-order valence-corrected chi connectivity index (χ4v) is 3.38. The third-order valence-electron chi connectivity index (χ3n) is 4.79. The van der Waals surface area contributed by atoms with E-state index in [2.05, 4.69) is 23.6 Å². The molecule has 1 aliphatic carbocycles. The molecule has 23 heavy (non-hydrogen) atoms. The Morgan fingerprint density at radius 2 is 1.74 bits per heavy atom. The van der Waals surface area contributed by atoms with E-state index in [0.29, 0.717) is 24.5 Å². The normalized spacial score (nSPS) is 20.2. The molecule has 6 heteroatoms. The molecule has 2 aliphatic rings. The van der Waals surface area contributed by atoms with Crippen molar-refractivity contribution < 1.29 is 14.7 Å². The van der Waals surface area contributed by atoms with E-state index in [9.17, 15) is 9.59 Å². The molecule has 0 unspecified atom stereocenters. The maximum Gasteiger partial charge on any atom is 0.317 e. The van der Waals surface area contributed by atoms with Crippen molar-refractivity contribution in [3.8, 4) is 0 Å². The smallest absolute Gasteiger partial charge is 0.317 e. The zero-order valence-electron chi connectivity index (χ0n) is 14.7. The largest absolute Gasteiger partial charge is 0.480 e. The Bertz CT molecular complexity index is 415. The van der Waals surface area contributed by atoms with Gasteiger partial charge < -0.3 is 10.0 Å². The molecule has 1 amide bonds. The number of aliphatic carboxylic acids is 1. The van der Waals surface area contributed by atoms with Crippen LogP contribution in [0.2, 0.25) is 0 Å². The number of hydrogen-bond donors (Lipinski definition) is 1. The van der Waals surface area contributed by atoms with E-state index in [4.69, 9.17) is 5.11 Å². The zero-order valence-corrected chi connectivity index (χ0v) is 14.7. The first-order chi connectivity index (χ1) is 10.9. The molecule has 1 saturated carbocycles. The molecule has 0 radical (unpaired) electrons. The number of nitrogens with zero attached hydrogens (tertiary/aromatic N) is 3. The van der Waals surface area contributed by atoms with Gasteiger partial charge >= 0.3 is 5.97 Å². The van der Waals surface area contributed by atoms with Crippen molar-refractivity contribution >= 4 is 11.9 Å². The summed E-state index contributed by atoms with van der Waals surface area (Å²) in [6, 6.07) is 0.789. The van der Waals surface area contributed by atoms with Crippen LogP contribution >= 0.6 is 0 Å². The molecule has 1 aliphatic heterocycles. The number of carbonyl (C=O) groups is 2. The van der Waals surface area contributed by atoms with Crippen molar-refractivity contribution in [2.75, 3.05) is 39.8 Å². The van der Waals surface area contributed by atoms with Crippen molar-refractivity contribution in [1.82, 2.24) is 14.7 Å². The molecule has 0 spiro atoms. The fourth-order valence-electron chi connectivity index (χ4n) is 3.38. The molecule has 0 aromatic carbocycles. The molecular weight excluding hydrogens is 294 g/mol. The number of likely N-dealkylation sites (tertiary alicyclic amines) is 1. The minimum atomic E-state index is -0.779. The van der Waals surface area contributed by atoms with Crippen molar-refractivity contribution in [3.63, 3.8) is 0 Å². The van der Waals surface area contributed by atoms with Gasteiger partial charge in [-0.1, -0.05) is 13.8 Å². The highest BCUT2D eigenvalue weighted by Crippen LogP contribution is 2.28. The Labute approximate surface area is 139 Å². The van der Waals surface area contributed by atoms with E-state index in [1.165, 1.54) is 0 Å². The van der Waals surface area contributed by atoms with Crippen LogP contribution in [0.3, 0.4) is 0 Å². The monoisotopic (exact) mass is 325 g/mol. The number of amides is 1. The van der Waals surface area contributed by atoms with E-state index < -0.39 is 5.97 Å². The van der Waals surface area contributed by atoms with Gasteiger partial charge in [0.2, 0.25) is 5.91 Å². The molecule has 0 bridgehead atoms. The Hall–Kier alpha value is -1.14. The van der Waals surface area contributed by atoms with Gasteiger partial charge in [-0.2, -0.15) is 0 Å². The first-order valence-electron chi connectivity index (χ1n) is 8.80. The maximum absolute atomic E-state index is 12.6. The summed E-state index contributed by atoms with van der Waals surface area (Å²) in [5.41, 5.74) is 0. The van der Waals surface area contributed by atoms with Crippen molar-refractivity contribution in [2.24, 2.45) is 5.92 Å². The summed E-state index contributed by atoms with van der Waals surface area (Å²) in [5, 5.41) is 8.87. The summed E-state index contributed by atoms with van der Waals surface area (Å²) in [4.78, 5) is 29.6. The summed E-state index contributed by atoms with van der Waals surface area (Å²) in [6.07, 6.45) is 4.18. The third kappa shape index (κ3) is 5.77. The lowest BCUT2D eigenvalue weighted by Gasteiger charge is -2.36. The molecule has 2 fully saturated rings. The van der Waals surface area contributed by atoms with E-state index in [1.54, 1.807) is 0 Å². The minimum Gasteiger partial charge on any atom is -0.480 e. The standard InChI is InChI=1S/C17H31N3O3/c1-13(2)10-20(15-4-5-15)16(21)11-19-8-6-14(7-9-19)18(3)12-17(22)23/h13-15H,4-12H2,1-3H3,(H,22,23). The predicted molar refractivity (Wildman–Crippen MR) is 89.3 cm³/mol. The Balaban J connectivity index is 1.76. The van der Waals surface area contributed by atoms with Crippen LogP contribution in [0.5, 0.6) is 0 Å². The summed E-state index contributed by atoms with van der Waals surface area (Å²) >= 11 is 0. The van der Waals surface area contributed by atoms with Crippen LogP contribution in [0.25, 0.3) is 0 Å². The van der Waals surface area contributed by atoms with Crippen LogP contribution in [0, 0.1) is 5.92 Å². The Morgan fingerprint density at radius 1 is 1.13 bits per heavy atom. The van der Waals surface area contributed by atoms with Gasteiger partial charge in [-0.15, -0.1) is 0 Å². The van der Waals surface area contributed by atoms with Crippen molar-refractivity contribution in [2.45, 2.75) is 51.6 Å². The van der Waals surface area contributed by atoms with Gasteiger partial charge in [-0.05, 0) is 38.6 Å².